The molecule has 1 aromatic rings. The van der Waals surface area contributed by atoms with Crippen LogP contribution in [0.2, 0.25) is 5.15 Å². The second-order valence-electron chi connectivity index (χ2n) is 3.99. The van der Waals surface area contributed by atoms with Gasteiger partial charge in [0, 0.05) is 18.5 Å². The van der Waals surface area contributed by atoms with Crippen LogP contribution in [-0.2, 0) is 0 Å². The minimum atomic E-state index is 0.547. The Morgan fingerprint density at radius 2 is 2.27 bits per heavy atom. The van der Waals surface area contributed by atoms with E-state index in [2.05, 4.69) is 22.2 Å². The van der Waals surface area contributed by atoms with Crippen molar-refractivity contribution in [2.45, 2.75) is 38.5 Å². The summed E-state index contributed by atoms with van der Waals surface area (Å²) in [5, 5.41) is 3.82. The molecule has 1 N–H and O–H groups in total. The molecular weight excluding hydrogens is 210 g/mol. The van der Waals surface area contributed by atoms with Crippen LogP contribution in [-0.4, -0.2) is 16.5 Å². The van der Waals surface area contributed by atoms with Crippen LogP contribution < -0.4 is 5.32 Å². The van der Waals surface area contributed by atoms with Crippen molar-refractivity contribution in [3.8, 4) is 0 Å². The van der Waals surface area contributed by atoms with Gasteiger partial charge >= 0.3 is 0 Å². The average molecular weight is 226 g/mol. The van der Waals surface area contributed by atoms with Crippen LogP contribution in [0.15, 0.2) is 6.07 Å². The van der Waals surface area contributed by atoms with Gasteiger partial charge in [-0.1, -0.05) is 24.9 Å². The maximum absolute atomic E-state index is 5.94. The Morgan fingerprint density at radius 1 is 1.47 bits per heavy atom. The van der Waals surface area contributed by atoms with Gasteiger partial charge in [0.05, 0.1) is 0 Å². The molecule has 1 aromatic heterocycles. The molecule has 0 radical (unpaired) electrons. The number of unbranched alkanes of at least 4 members (excludes halogenated alkanes) is 1. The molecule has 2 rings (SSSR count). The molecule has 0 spiro atoms. The van der Waals surface area contributed by atoms with Gasteiger partial charge in [-0.3, -0.25) is 0 Å². The van der Waals surface area contributed by atoms with Gasteiger partial charge in [-0.15, -0.1) is 0 Å². The second-order valence-corrected chi connectivity index (χ2v) is 4.38. The fraction of sp³-hybridized carbons (Fsp3) is 0.636. The van der Waals surface area contributed by atoms with Crippen LogP contribution in [0.25, 0.3) is 0 Å². The largest absolute Gasteiger partial charge is 0.370 e. The van der Waals surface area contributed by atoms with Crippen LogP contribution in [0.5, 0.6) is 0 Å². The molecule has 0 atom stereocenters. The predicted molar refractivity (Wildman–Crippen MR) is 62.4 cm³/mol. The molecule has 0 unspecified atom stereocenters. The lowest BCUT2D eigenvalue weighted by molar-refractivity contribution is 0.826. The number of halogens is 1. The van der Waals surface area contributed by atoms with Gasteiger partial charge in [0.1, 0.15) is 16.8 Å². The van der Waals surface area contributed by atoms with E-state index < -0.39 is 0 Å². The van der Waals surface area contributed by atoms with Crippen molar-refractivity contribution in [3.63, 3.8) is 0 Å². The first kappa shape index (κ1) is 10.7. The maximum Gasteiger partial charge on any atom is 0.135 e. The van der Waals surface area contributed by atoms with Gasteiger partial charge in [-0.2, -0.15) is 0 Å². The van der Waals surface area contributed by atoms with Gasteiger partial charge in [0.2, 0.25) is 0 Å². The first-order valence-corrected chi connectivity index (χ1v) is 5.95. The van der Waals surface area contributed by atoms with Crippen molar-refractivity contribution in [1.29, 1.82) is 0 Å². The highest BCUT2D eigenvalue weighted by Gasteiger charge is 2.27. The van der Waals surface area contributed by atoms with E-state index in [0.29, 0.717) is 11.1 Å². The van der Waals surface area contributed by atoms with Crippen molar-refractivity contribution in [2.24, 2.45) is 0 Å². The number of aromatic nitrogens is 2. The summed E-state index contributed by atoms with van der Waals surface area (Å²) >= 11 is 5.94. The average Bonchev–Trinajstić information content (AvgIpc) is 3.00. The van der Waals surface area contributed by atoms with E-state index in [-0.39, 0.29) is 0 Å². The lowest BCUT2D eigenvalue weighted by Crippen LogP contribution is -2.05. The Hall–Kier alpha value is -0.830. The molecule has 0 saturated heterocycles. The van der Waals surface area contributed by atoms with E-state index >= 15 is 0 Å². The summed E-state index contributed by atoms with van der Waals surface area (Å²) in [6, 6.07) is 1.79. The highest BCUT2D eigenvalue weighted by atomic mass is 35.5. The summed E-state index contributed by atoms with van der Waals surface area (Å²) in [4.78, 5) is 8.70. The highest BCUT2D eigenvalue weighted by molar-refractivity contribution is 6.29. The third kappa shape index (κ3) is 3.06. The van der Waals surface area contributed by atoms with Crippen molar-refractivity contribution >= 4 is 17.4 Å². The number of rotatable bonds is 5. The van der Waals surface area contributed by atoms with Crippen LogP contribution in [0.3, 0.4) is 0 Å². The maximum atomic E-state index is 5.94. The third-order valence-electron chi connectivity index (χ3n) is 2.49. The van der Waals surface area contributed by atoms with Crippen LogP contribution >= 0.6 is 11.6 Å². The van der Waals surface area contributed by atoms with Crippen molar-refractivity contribution in [2.75, 3.05) is 11.9 Å². The normalized spacial score (nSPS) is 15.3. The van der Waals surface area contributed by atoms with E-state index in [1.807, 2.05) is 0 Å². The molecule has 4 heteroatoms. The van der Waals surface area contributed by atoms with Crippen LogP contribution in [0.4, 0.5) is 5.82 Å². The van der Waals surface area contributed by atoms with Gasteiger partial charge in [0.25, 0.3) is 0 Å². The summed E-state index contributed by atoms with van der Waals surface area (Å²) in [6.45, 7) is 3.12. The highest BCUT2D eigenvalue weighted by Crippen LogP contribution is 2.38. The number of hydrogen-bond donors (Lipinski definition) is 1. The SMILES string of the molecule is CCCCNc1cc(Cl)nc(C2CC2)n1. The minimum absolute atomic E-state index is 0.547. The number of anilines is 1. The van der Waals surface area contributed by atoms with Gasteiger partial charge in [-0.25, -0.2) is 9.97 Å². The number of nitrogens with zero attached hydrogens (tertiary/aromatic N) is 2. The standard InChI is InChI=1S/C11H16ClN3/c1-2-3-6-13-10-7-9(12)14-11(15-10)8-4-5-8/h7-8H,2-6H2,1H3,(H,13,14,15). The van der Waals surface area contributed by atoms with Gasteiger partial charge in [0.15, 0.2) is 0 Å². The molecule has 1 aliphatic carbocycles. The zero-order valence-corrected chi connectivity index (χ0v) is 9.72. The Morgan fingerprint density at radius 3 is 2.93 bits per heavy atom. The molecule has 0 aliphatic heterocycles. The Bertz CT molecular complexity index is 337. The first-order chi connectivity index (χ1) is 7.29. The quantitative estimate of drug-likeness (QED) is 0.618. The zero-order valence-electron chi connectivity index (χ0n) is 8.96. The summed E-state index contributed by atoms with van der Waals surface area (Å²) in [5.74, 6) is 2.32. The lowest BCUT2D eigenvalue weighted by atomic mass is 10.3. The molecule has 0 aromatic carbocycles. The molecule has 3 nitrogen and oxygen atoms in total. The van der Waals surface area contributed by atoms with Crippen LogP contribution in [0.1, 0.15) is 44.3 Å². The van der Waals surface area contributed by atoms with E-state index in [1.165, 1.54) is 19.3 Å². The molecule has 0 amide bonds. The monoisotopic (exact) mass is 225 g/mol. The summed E-state index contributed by atoms with van der Waals surface area (Å²) < 4.78 is 0. The van der Waals surface area contributed by atoms with E-state index in [0.717, 1.165) is 24.6 Å². The summed E-state index contributed by atoms with van der Waals surface area (Å²) in [6.07, 6.45) is 4.74. The number of hydrogen-bond acceptors (Lipinski definition) is 3. The lowest BCUT2D eigenvalue weighted by Gasteiger charge is -2.06. The van der Waals surface area contributed by atoms with E-state index in [1.54, 1.807) is 6.07 Å². The topological polar surface area (TPSA) is 37.8 Å². The zero-order chi connectivity index (χ0) is 10.7. The molecule has 82 valence electrons. The minimum Gasteiger partial charge on any atom is -0.370 e. The van der Waals surface area contributed by atoms with E-state index in [9.17, 15) is 0 Å². The second kappa shape index (κ2) is 4.79. The molecular formula is C11H16ClN3. The van der Waals surface area contributed by atoms with Gasteiger partial charge in [-0.05, 0) is 19.3 Å². The fourth-order valence-corrected chi connectivity index (χ4v) is 1.63. The third-order valence-corrected chi connectivity index (χ3v) is 2.68. The Labute approximate surface area is 95.3 Å². The Kier molecular flexibility index (Phi) is 3.41. The number of nitrogens with one attached hydrogen (secondary N) is 1. The van der Waals surface area contributed by atoms with Crippen molar-refractivity contribution in [1.82, 2.24) is 9.97 Å². The molecule has 1 fully saturated rings. The molecule has 0 bridgehead atoms. The molecule has 1 heterocycles. The molecule has 1 saturated carbocycles. The van der Waals surface area contributed by atoms with Crippen LogP contribution in [0, 0.1) is 0 Å². The smallest absolute Gasteiger partial charge is 0.135 e. The van der Waals surface area contributed by atoms with Crippen molar-refractivity contribution in [3.05, 3.63) is 17.0 Å². The summed E-state index contributed by atoms with van der Waals surface area (Å²) in [5.41, 5.74) is 0. The van der Waals surface area contributed by atoms with Crippen molar-refractivity contribution < 1.29 is 0 Å². The fourth-order valence-electron chi connectivity index (χ4n) is 1.44. The van der Waals surface area contributed by atoms with E-state index in [4.69, 9.17) is 11.6 Å². The first-order valence-electron chi connectivity index (χ1n) is 5.58. The molecule has 1 aliphatic rings. The Balaban J connectivity index is 2.02. The summed E-state index contributed by atoms with van der Waals surface area (Å²) in [7, 11) is 0. The molecule has 15 heavy (non-hydrogen) atoms. The van der Waals surface area contributed by atoms with Gasteiger partial charge < -0.3 is 5.32 Å². The predicted octanol–water partition coefficient (Wildman–Crippen LogP) is 3.22.